The summed E-state index contributed by atoms with van der Waals surface area (Å²) in [5.74, 6) is 0.418. The molecule has 0 saturated carbocycles. The van der Waals surface area contributed by atoms with E-state index in [1.807, 2.05) is 37.3 Å². The SMILES string of the molecule is COc1ccc(C(=O)c2nn(-c3ccc(C)cc3)c(N)c2C#N)cc1. The zero-order valence-electron chi connectivity index (χ0n) is 13.9. The first-order chi connectivity index (χ1) is 12.0. The van der Waals surface area contributed by atoms with E-state index in [1.165, 1.54) is 4.68 Å². The molecule has 25 heavy (non-hydrogen) atoms. The van der Waals surface area contributed by atoms with Crippen LogP contribution in [0.15, 0.2) is 48.5 Å². The van der Waals surface area contributed by atoms with Crippen LogP contribution in [-0.4, -0.2) is 22.7 Å². The van der Waals surface area contributed by atoms with Gasteiger partial charge in [0, 0.05) is 5.56 Å². The first-order valence-corrected chi connectivity index (χ1v) is 7.59. The molecule has 0 radical (unpaired) electrons. The summed E-state index contributed by atoms with van der Waals surface area (Å²) in [6.45, 7) is 1.97. The number of hydrogen-bond donors (Lipinski definition) is 1. The Balaban J connectivity index is 2.06. The second-order valence-electron chi connectivity index (χ2n) is 5.53. The minimum Gasteiger partial charge on any atom is -0.497 e. The maximum absolute atomic E-state index is 12.8. The van der Waals surface area contributed by atoms with Crippen molar-refractivity contribution in [3.05, 3.63) is 70.9 Å². The molecule has 0 aliphatic heterocycles. The summed E-state index contributed by atoms with van der Waals surface area (Å²) in [6.07, 6.45) is 0. The third-order valence-corrected chi connectivity index (χ3v) is 3.88. The van der Waals surface area contributed by atoms with Gasteiger partial charge in [-0.15, -0.1) is 0 Å². The van der Waals surface area contributed by atoms with Gasteiger partial charge in [-0.1, -0.05) is 17.7 Å². The first kappa shape index (κ1) is 16.3. The number of carbonyl (C=O) groups is 1. The number of methoxy groups -OCH3 is 1. The van der Waals surface area contributed by atoms with Gasteiger partial charge in [-0.25, -0.2) is 4.68 Å². The lowest BCUT2D eigenvalue weighted by molar-refractivity contribution is 0.103. The van der Waals surface area contributed by atoms with E-state index in [0.717, 1.165) is 5.56 Å². The maximum Gasteiger partial charge on any atom is 0.214 e. The molecule has 1 aromatic heterocycles. The van der Waals surface area contributed by atoms with Crippen LogP contribution in [0.2, 0.25) is 0 Å². The fourth-order valence-corrected chi connectivity index (χ4v) is 2.46. The highest BCUT2D eigenvalue weighted by atomic mass is 16.5. The number of nitrogen functional groups attached to an aromatic ring is 1. The van der Waals surface area contributed by atoms with Gasteiger partial charge < -0.3 is 10.5 Å². The Kier molecular flexibility index (Phi) is 4.23. The van der Waals surface area contributed by atoms with Crippen molar-refractivity contribution >= 4 is 11.6 Å². The Labute approximate surface area is 145 Å². The number of nitrogens with zero attached hydrogens (tertiary/aromatic N) is 3. The van der Waals surface area contributed by atoms with Gasteiger partial charge in [0.2, 0.25) is 5.78 Å². The zero-order valence-corrected chi connectivity index (χ0v) is 13.9. The molecule has 0 aliphatic carbocycles. The standard InChI is InChI=1S/C19H16N4O2/c1-12-3-7-14(8-4-12)23-19(21)16(11-20)17(22-23)18(24)13-5-9-15(25-2)10-6-13/h3-10H,21H2,1-2H3. The number of nitrogens with two attached hydrogens (primary N) is 1. The van der Waals surface area contributed by atoms with Crippen molar-refractivity contribution in [1.29, 1.82) is 5.26 Å². The lowest BCUT2D eigenvalue weighted by Crippen LogP contribution is -2.05. The van der Waals surface area contributed by atoms with Gasteiger partial charge in [-0.3, -0.25) is 4.79 Å². The number of nitriles is 1. The van der Waals surface area contributed by atoms with Crippen LogP contribution in [0.3, 0.4) is 0 Å². The average Bonchev–Trinajstić information content (AvgIpc) is 2.98. The van der Waals surface area contributed by atoms with Gasteiger partial charge in [0.05, 0.1) is 12.8 Å². The summed E-state index contributed by atoms with van der Waals surface area (Å²) in [6, 6.07) is 16.1. The molecule has 0 bridgehead atoms. The Morgan fingerprint density at radius 2 is 1.80 bits per heavy atom. The molecule has 3 aromatic rings. The predicted octanol–water partition coefficient (Wildman–Crippen LogP) is 2.87. The van der Waals surface area contributed by atoms with Gasteiger partial charge in [0.15, 0.2) is 5.69 Å². The topological polar surface area (TPSA) is 93.9 Å². The average molecular weight is 332 g/mol. The number of anilines is 1. The van der Waals surface area contributed by atoms with Gasteiger partial charge in [-0.2, -0.15) is 10.4 Å². The molecule has 6 heteroatoms. The van der Waals surface area contributed by atoms with E-state index in [1.54, 1.807) is 31.4 Å². The molecular formula is C19H16N4O2. The number of benzene rings is 2. The summed E-state index contributed by atoms with van der Waals surface area (Å²) in [5, 5.41) is 13.7. The highest BCUT2D eigenvalue weighted by molar-refractivity contribution is 6.10. The largest absolute Gasteiger partial charge is 0.497 e. The minimum atomic E-state index is -0.364. The van der Waals surface area contributed by atoms with Gasteiger partial charge in [0.1, 0.15) is 23.2 Å². The molecule has 0 unspecified atom stereocenters. The van der Waals surface area contributed by atoms with E-state index >= 15 is 0 Å². The van der Waals surface area contributed by atoms with Crippen LogP contribution in [-0.2, 0) is 0 Å². The van der Waals surface area contributed by atoms with E-state index in [4.69, 9.17) is 10.5 Å². The molecule has 0 saturated heterocycles. The fraction of sp³-hybridized carbons (Fsp3) is 0.105. The zero-order chi connectivity index (χ0) is 18.0. The molecule has 124 valence electrons. The molecule has 2 N–H and O–H groups in total. The quantitative estimate of drug-likeness (QED) is 0.741. The number of hydrogen-bond acceptors (Lipinski definition) is 5. The Bertz CT molecular complexity index is 964. The van der Waals surface area contributed by atoms with Crippen LogP contribution in [0, 0.1) is 18.3 Å². The number of aryl methyl sites for hydroxylation is 1. The van der Waals surface area contributed by atoms with E-state index in [0.29, 0.717) is 17.0 Å². The first-order valence-electron chi connectivity index (χ1n) is 7.59. The summed E-state index contributed by atoms with van der Waals surface area (Å²) < 4.78 is 6.50. The highest BCUT2D eigenvalue weighted by Gasteiger charge is 2.23. The summed E-state index contributed by atoms with van der Waals surface area (Å²) in [5.41, 5.74) is 8.34. The Morgan fingerprint density at radius 3 is 2.36 bits per heavy atom. The van der Waals surface area contributed by atoms with Crippen molar-refractivity contribution in [2.75, 3.05) is 12.8 Å². The van der Waals surface area contributed by atoms with Crippen LogP contribution in [0.1, 0.15) is 27.2 Å². The van der Waals surface area contributed by atoms with Crippen LogP contribution in [0.5, 0.6) is 5.75 Å². The molecule has 0 aliphatic rings. The highest BCUT2D eigenvalue weighted by Crippen LogP contribution is 2.23. The molecule has 0 fully saturated rings. The molecule has 0 spiro atoms. The second kappa shape index (κ2) is 6.49. The van der Waals surface area contributed by atoms with Crippen molar-refractivity contribution in [1.82, 2.24) is 9.78 Å². The predicted molar refractivity (Wildman–Crippen MR) is 93.9 cm³/mol. The fourth-order valence-electron chi connectivity index (χ4n) is 2.46. The Morgan fingerprint density at radius 1 is 1.16 bits per heavy atom. The monoisotopic (exact) mass is 332 g/mol. The lowest BCUT2D eigenvalue weighted by Gasteiger charge is -2.04. The van der Waals surface area contributed by atoms with Crippen molar-refractivity contribution < 1.29 is 9.53 Å². The van der Waals surface area contributed by atoms with Crippen molar-refractivity contribution in [3.63, 3.8) is 0 Å². The number of carbonyl (C=O) groups excluding carboxylic acids is 1. The smallest absolute Gasteiger partial charge is 0.214 e. The molecule has 3 rings (SSSR count). The second-order valence-corrected chi connectivity index (χ2v) is 5.53. The normalized spacial score (nSPS) is 10.3. The van der Waals surface area contributed by atoms with Gasteiger partial charge in [-0.05, 0) is 43.3 Å². The molecule has 6 nitrogen and oxygen atoms in total. The molecule has 0 amide bonds. The van der Waals surface area contributed by atoms with E-state index in [-0.39, 0.29) is 22.9 Å². The van der Waals surface area contributed by atoms with E-state index < -0.39 is 0 Å². The van der Waals surface area contributed by atoms with E-state index in [2.05, 4.69) is 5.10 Å². The number of ketones is 1. The number of aromatic nitrogens is 2. The summed E-state index contributed by atoms with van der Waals surface area (Å²) >= 11 is 0. The maximum atomic E-state index is 12.8. The third-order valence-electron chi connectivity index (χ3n) is 3.88. The van der Waals surface area contributed by atoms with Gasteiger partial charge in [0.25, 0.3) is 0 Å². The van der Waals surface area contributed by atoms with Crippen LogP contribution >= 0.6 is 0 Å². The summed E-state index contributed by atoms with van der Waals surface area (Å²) in [7, 11) is 1.55. The third kappa shape index (κ3) is 2.95. The Hall–Kier alpha value is -3.59. The van der Waals surface area contributed by atoms with Crippen LogP contribution in [0.4, 0.5) is 5.82 Å². The molecule has 2 aromatic carbocycles. The van der Waals surface area contributed by atoms with Crippen molar-refractivity contribution in [3.8, 4) is 17.5 Å². The van der Waals surface area contributed by atoms with E-state index in [9.17, 15) is 10.1 Å². The van der Waals surface area contributed by atoms with Crippen molar-refractivity contribution in [2.24, 2.45) is 0 Å². The lowest BCUT2D eigenvalue weighted by atomic mass is 10.1. The number of ether oxygens (including phenoxy) is 1. The van der Waals surface area contributed by atoms with Crippen LogP contribution < -0.4 is 10.5 Å². The molecular weight excluding hydrogens is 316 g/mol. The van der Waals surface area contributed by atoms with Crippen LogP contribution in [0.25, 0.3) is 5.69 Å². The number of rotatable bonds is 4. The van der Waals surface area contributed by atoms with Crippen molar-refractivity contribution in [2.45, 2.75) is 6.92 Å². The molecule has 1 heterocycles. The minimum absolute atomic E-state index is 0.0331. The molecule has 0 atom stereocenters. The summed E-state index contributed by atoms with van der Waals surface area (Å²) in [4.78, 5) is 12.8. The van der Waals surface area contributed by atoms with Gasteiger partial charge >= 0.3 is 0 Å².